The Morgan fingerprint density at radius 2 is 1.82 bits per heavy atom. The number of hydrogen-bond acceptors (Lipinski definition) is 3. The number of unbranched alkanes of at least 4 members (excludes halogenated alkanes) is 2. The molecule has 0 saturated carbocycles. The average molecular weight is 240 g/mol. The SMILES string of the molecule is CCNC(=O)CCCCCN1C(=O)CCC1=O. The summed E-state index contributed by atoms with van der Waals surface area (Å²) in [5, 5.41) is 2.73. The molecule has 0 aromatic rings. The van der Waals surface area contributed by atoms with Crippen LogP contribution in [0, 0.1) is 0 Å². The number of nitrogens with zero attached hydrogens (tertiary/aromatic N) is 1. The van der Waals surface area contributed by atoms with Crippen molar-refractivity contribution >= 4 is 17.7 Å². The highest BCUT2D eigenvalue weighted by Gasteiger charge is 2.27. The highest BCUT2D eigenvalue weighted by Crippen LogP contribution is 2.13. The van der Waals surface area contributed by atoms with Gasteiger partial charge >= 0.3 is 0 Å². The molecule has 0 unspecified atom stereocenters. The summed E-state index contributed by atoms with van der Waals surface area (Å²) in [6.07, 6.45) is 3.71. The van der Waals surface area contributed by atoms with Crippen molar-refractivity contribution in [3.8, 4) is 0 Å². The molecule has 0 aromatic heterocycles. The smallest absolute Gasteiger partial charge is 0.229 e. The van der Waals surface area contributed by atoms with Crippen LogP contribution in [-0.4, -0.2) is 35.7 Å². The zero-order valence-corrected chi connectivity index (χ0v) is 10.3. The number of carbonyl (C=O) groups is 3. The molecule has 17 heavy (non-hydrogen) atoms. The van der Waals surface area contributed by atoms with Crippen molar-refractivity contribution in [1.82, 2.24) is 10.2 Å². The van der Waals surface area contributed by atoms with Crippen LogP contribution in [0.3, 0.4) is 0 Å². The molecule has 0 radical (unpaired) electrons. The molecule has 0 spiro atoms. The maximum absolute atomic E-state index is 11.3. The summed E-state index contributed by atoms with van der Waals surface area (Å²) >= 11 is 0. The standard InChI is InChI=1S/C12H20N2O3/c1-2-13-10(15)6-4-3-5-9-14-11(16)7-8-12(14)17/h2-9H2,1H3,(H,13,15). The summed E-state index contributed by atoms with van der Waals surface area (Å²) in [6, 6.07) is 0. The van der Waals surface area contributed by atoms with E-state index in [2.05, 4.69) is 5.32 Å². The minimum atomic E-state index is -0.0567. The molecule has 1 N–H and O–H groups in total. The van der Waals surface area contributed by atoms with Crippen molar-refractivity contribution in [1.29, 1.82) is 0 Å². The second-order valence-corrected chi connectivity index (χ2v) is 4.20. The van der Waals surface area contributed by atoms with E-state index in [1.807, 2.05) is 6.92 Å². The number of rotatable bonds is 7. The summed E-state index contributed by atoms with van der Waals surface area (Å²) in [6.45, 7) is 3.06. The van der Waals surface area contributed by atoms with Crippen LogP contribution in [0.25, 0.3) is 0 Å². The molecule has 5 heteroatoms. The van der Waals surface area contributed by atoms with Gasteiger partial charge in [-0.2, -0.15) is 0 Å². The van der Waals surface area contributed by atoms with Crippen molar-refractivity contribution in [2.75, 3.05) is 13.1 Å². The zero-order chi connectivity index (χ0) is 12.7. The molecule has 96 valence electrons. The normalized spacial score (nSPS) is 15.5. The van der Waals surface area contributed by atoms with Gasteiger partial charge in [0.05, 0.1) is 0 Å². The van der Waals surface area contributed by atoms with Crippen molar-refractivity contribution in [2.24, 2.45) is 0 Å². The van der Waals surface area contributed by atoms with E-state index < -0.39 is 0 Å². The van der Waals surface area contributed by atoms with Crippen molar-refractivity contribution in [3.05, 3.63) is 0 Å². The third kappa shape index (κ3) is 4.54. The lowest BCUT2D eigenvalue weighted by atomic mass is 10.2. The quantitative estimate of drug-likeness (QED) is 0.529. The molecule has 1 saturated heterocycles. The molecule has 1 rings (SSSR count). The highest BCUT2D eigenvalue weighted by molar-refractivity contribution is 6.01. The predicted molar refractivity (Wildman–Crippen MR) is 63.1 cm³/mol. The van der Waals surface area contributed by atoms with Gasteiger partial charge in [0.25, 0.3) is 0 Å². The number of amides is 3. The van der Waals surface area contributed by atoms with E-state index in [1.54, 1.807) is 0 Å². The van der Waals surface area contributed by atoms with Gasteiger partial charge in [0.15, 0.2) is 0 Å². The lowest BCUT2D eigenvalue weighted by Gasteiger charge is -2.12. The molecular formula is C12H20N2O3. The van der Waals surface area contributed by atoms with Crippen LogP contribution in [0.2, 0.25) is 0 Å². The van der Waals surface area contributed by atoms with Crippen LogP contribution in [0.1, 0.15) is 45.4 Å². The first-order chi connectivity index (χ1) is 8.15. The summed E-state index contributed by atoms with van der Waals surface area (Å²) in [4.78, 5) is 35.0. The molecule has 0 aromatic carbocycles. The van der Waals surface area contributed by atoms with Gasteiger partial charge in [-0.05, 0) is 19.8 Å². The maximum atomic E-state index is 11.3. The fraction of sp³-hybridized carbons (Fsp3) is 0.750. The Bertz CT molecular complexity index is 286. The Morgan fingerprint density at radius 3 is 2.41 bits per heavy atom. The van der Waals surface area contributed by atoms with E-state index >= 15 is 0 Å². The fourth-order valence-electron chi connectivity index (χ4n) is 1.89. The van der Waals surface area contributed by atoms with Gasteiger partial charge in [-0.25, -0.2) is 0 Å². The molecule has 3 amide bonds. The zero-order valence-electron chi connectivity index (χ0n) is 10.3. The molecular weight excluding hydrogens is 220 g/mol. The highest BCUT2D eigenvalue weighted by atomic mass is 16.2. The Labute approximate surface area is 102 Å². The van der Waals surface area contributed by atoms with Crippen LogP contribution in [0.4, 0.5) is 0 Å². The lowest BCUT2D eigenvalue weighted by molar-refractivity contribution is -0.138. The minimum absolute atomic E-state index is 0.0567. The third-order valence-electron chi connectivity index (χ3n) is 2.81. The Kier molecular flexibility index (Phi) is 5.66. The van der Waals surface area contributed by atoms with Crippen molar-refractivity contribution in [3.63, 3.8) is 0 Å². The molecule has 5 nitrogen and oxygen atoms in total. The number of nitrogens with one attached hydrogen (secondary N) is 1. The third-order valence-corrected chi connectivity index (χ3v) is 2.81. The van der Waals surface area contributed by atoms with E-state index in [9.17, 15) is 14.4 Å². The molecule has 1 heterocycles. The average Bonchev–Trinajstić information content (AvgIpc) is 2.60. The molecule has 0 aliphatic carbocycles. The van der Waals surface area contributed by atoms with Crippen LogP contribution in [0.15, 0.2) is 0 Å². The van der Waals surface area contributed by atoms with Gasteiger partial charge < -0.3 is 5.32 Å². The van der Waals surface area contributed by atoms with Gasteiger partial charge in [-0.1, -0.05) is 6.42 Å². The van der Waals surface area contributed by atoms with Crippen LogP contribution >= 0.6 is 0 Å². The largest absolute Gasteiger partial charge is 0.356 e. The second kappa shape index (κ2) is 7.04. The van der Waals surface area contributed by atoms with E-state index in [0.717, 1.165) is 19.3 Å². The lowest BCUT2D eigenvalue weighted by Crippen LogP contribution is -2.30. The number of hydrogen-bond donors (Lipinski definition) is 1. The maximum Gasteiger partial charge on any atom is 0.229 e. The van der Waals surface area contributed by atoms with Crippen LogP contribution < -0.4 is 5.32 Å². The van der Waals surface area contributed by atoms with Crippen molar-refractivity contribution < 1.29 is 14.4 Å². The van der Waals surface area contributed by atoms with E-state index in [-0.39, 0.29) is 17.7 Å². The summed E-state index contributed by atoms with van der Waals surface area (Å²) in [5.74, 6) is -0.0433. The summed E-state index contributed by atoms with van der Waals surface area (Å²) in [7, 11) is 0. The Balaban J connectivity index is 2.06. The van der Waals surface area contributed by atoms with E-state index in [1.165, 1.54) is 4.90 Å². The van der Waals surface area contributed by atoms with Gasteiger partial charge in [0.2, 0.25) is 17.7 Å². The summed E-state index contributed by atoms with van der Waals surface area (Å²) < 4.78 is 0. The Morgan fingerprint density at radius 1 is 1.18 bits per heavy atom. The monoisotopic (exact) mass is 240 g/mol. The van der Waals surface area contributed by atoms with E-state index in [4.69, 9.17) is 0 Å². The number of imide groups is 1. The second-order valence-electron chi connectivity index (χ2n) is 4.20. The predicted octanol–water partition coefficient (Wildman–Crippen LogP) is 0.832. The molecule has 0 atom stereocenters. The van der Waals surface area contributed by atoms with Crippen LogP contribution in [-0.2, 0) is 14.4 Å². The molecule has 1 aliphatic heterocycles. The molecule has 1 aliphatic rings. The van der Waals surface area contributed by atoms with Gasteiger partial charge in [-0.15, -0.1) is 0 Å². The number of carbonyl (C=O) groups excluding carboxylic acids is 3. The Hall–Kier alpha value is -1.39. The van der Waals surface area contributed by atoms with Gasteiger partial charge in [-0.3, -0.25) is 19.3 Å². The fourth-order valence-corrected chi connectivity index (χ4v) is 1.89. The first-order valence-corrected chi connectivity index (χ1v) is 6.25. The molecule has 1 fully saturated rings. The van der Waals surface area contributed by atoms with Crippen LogP contribution in [0.5, 0.6) is 0 Å². The topological polar surface area (TPSA) is 66.5 Å². The first-order valence-electron chi connectivity index (χ1n) is 6.25. The number of likely N-dealkylation sites (tertiary alicyclic amines) is 1. The summed E-state index contributed by atoms with van der Waals surface area (Å²) in [5.41, 5.74) is 0. The minimum Gasteiger partial charge on any atom is -0.356 e. The van der Waals surface area contributed by atoms with Gasteiger partial charge in [0.1, 0.15) is 0 Å². The van der Waals surface area contributed by atoms with Crippen molar-refractivity contribution in [2.45, 2.75) is 45.4 Å². The molecule has 0 bridgehead atoms. The van der Waals surface area contributed by atoms with E-state index in [0.29, 0.717) is 32.4 Å². The first kappa shape index (κ1) is 13.7. The van der Waals surface area contributed by atoms with Gasteiger partial charge in [0, 0.05) is 32.4 Å².